The van der Waals surface area contributed by atoms with Gasteiger partial charge in [-0.1, -0.05) is 22.0 Å². The van der Waals surface area contributed by atoms with Crippen LogP contribution in [-0.4, -0.2) is 21.7 Å². The maximum atomic E-state index is 12.3. The highest BCUT2D eigenvalue weighted by atomic mass is 79.9. The van der Waals surface area contributed by atoms with E-state index in [9.17, 15) is 9.59 Å². The number of carbonyl (C=O) groups excluding carboxylic acids is 2. The van der Waals surface area contributed by atoms with Crippen LogP contribution in [0.3, 0.4) is 0 Å². The van der Waals surface area contributed by atoms with Gasteiger partial charge in [0.25, 0.3) is 11.8 Å². The van der Waals surface area contributed by atoms with Crippen LogP contribution >= 0.6 is 15.9 Å². The molecular formula is C14H10BrN3O2. The molecule has 5 nitrogen and oxygen atoms in total. The van der Waals surface area contributed by atoms with E-state index in [-0.39, 0.29) is 18.4 Å². The zero-order valence-corrected chi connectivity index (χ0v) is 11.9. The number of fused-ring (bicyclic) bond motifs is 1. The number of pyridine rings is 1. The molecule has 20 heavy (non-hydrogen) atoms. The number of nitrogens with zero attached hydrogens (tertiary/aromatic N) is 2. The summed E-state index contributed by atoms with van der Waals surface area (Å²) in [5.41, 5.74) is 7.01. The molecule has 2 N–H and O–H groups in total. The number of halogens is 1. The SMILES string of the molecule is Nc1cccc(CN2C(=O)c3ccc(Br)cc3C2=O)n1. The normalized spacial score (nSPS) is 13.8. The first kappa shape index (κ1) is 12.8. The lowest BCUT2D eigenvalue weighted by Gasteiger charge is -2.13. The predicted octanol–water partition coefficient (Wildman–Crippen LogP) is 2.22. The summed E-state index contributed by atoms with van der Waals surface area (Å²) in [5.74, 6) is -0.251. The second-order valence-corrected chi connectivity index (χ2v) is 5.36. The maximum Gasteiger partial charge on any atom is 0.261 e. The lowest BCUT2D eigenvalue weighted by atomic mass is 10.1. The fourth-order valence-electron chi connectivity index (χ4n) is 2.15. The Morgan fingerprint density at radius 2 is 1.85 bits per heavy atom. The molecule has 1 aromatic heterocycles. The van der Waals surface area contributed by atoms with Gasteiger partial charge in [-0.3, -0.25) is 14.5 Å². The van der Waals surface area contributed by atoms with Crippen molar-refractivity contribution in [2.75, 3.05) is 5.73 Å². The van der Waals surface area contributed by atoms with Crippen molar-refractivity contribution >= 4 is 33.6 Å². The summed E-state index contributed by atoms with van der Waals surface area (Å²) < 4.78 is 0.765. The maximum absolute atomic E-state index is 12.3. The van der Waals surface area contributed by atoms with Crippen LogP contribution in [0.1, 0.15) is 26.4 Å². The largest absolute Gasteiger partial charge is 0.384 e. The third-order valence-electron chi connectivity index (χ3n) is 3.08. The van der Waals surface area contributed by atoms with Gasteiger partial charge in [0.2, 0.25) is 0 Å². The van der Waals surface area contributed by atoms with Crippen molar-refractivity contribution in [1.29, 1.82) is 0 Å². The van der Waals surface area contributed by atoms with Gasteiger partial charge in [-0.25, -0.2) is 4.98 Å². The van der Waals surface area contributed by atoms with E-state index >= 15 is 0 Å². The van der Waals surface area contributed by atoms with Crippen LogP contribution in [0.4, 0.5) is 5.82 Å². The number of hydrogen-bond acceptors (Lipinski definition) is 4. The van der Waals surface area contributed by atoms with E-state index < -0.39 is 0 Å². The number of imide groups is 1. The zero-order chi connectivity index (χ0) is 14.3. The van der Waals surface area contributed by atoms with Gasteiger partial charge in [0.1, 0.15) is 5.82 Å². The molecule has 6 heteroatoms. The first-order valence-corrected chi connectivity index (χ1v) is 6.73. The van der Waals surface area contributed by atoms with Gasteiger partial charge in [0, 0.05) is 4.47 Å². The van der Waals surface area contributed by atoms with Crippen molar-refractivity contribution in [3.63, 3.8) is 0 Å². The summed E-state index contributed by atoms with van der Waals surface area (Å²) >= 11 is 3.30. The summed E-state index contributed by atoms with van der Waals surface area (Å²) in [5, 5.41) is 0. The van der Waals surface area contributed by atoms with Crippen LogP contribution in [0.25, 0.3) is 0 Å². The third-order valence-corrected chi connectivity index (χ3v) is 3.57. The molecule has 0 saturated carbocycles. The molecule has 2 aromatic rings. The second kappa shape index (κ2) is 4.72. The molecule has 1 aliphatic rings. The topological polar surface area (TPSA) is 76.3 Å². The van der Waals surface area contributed by atoms with E-state index in [2.05, 4.69) is 20.9 Å². The number of hydrogen-bond donors (Lipinski definition) is 1. The Balaban J connectivity index is 1.94. The number of nitrogen functional groups attached to an aromatic ring is 1. The number of aromatic nitrogens is 1. The minimum atomic E-state index is -0.310. The summed E-state index contributed by atoms with van der Waals surface area (Å²) in [6.07, 6.45) is 0. The molecular weight excluding hydrogens is 322 g/mol. The quantitative estimate of drug-likeness (QED) is 0.856. The highest BCUT2D eigenvalue weighted by Gasteiger charge is 2.35. The number of anilines is 1. The smallest absolute Gasteiger partial charge is 0.261 e. The number of nitrogens with two attached hydrogens (primary N) is 1. The molecule has 0 spiro atoms. The van der Waals surface area contributed by atoms with Crippen LogP contribution in [-0.2, 0) is 6.54 Å². The van der Waals surface area contributed by atoms with Gasteiger partial charge in [-0.15, -0.1) is 0 Å². The van der Waals surface area contributed by atoms with E-state index in [1.807, 2.05) is 0 Å². The Kier molecular flexibility index (Phi) is 3.02. The Hall–Kier alpha value is -2.21. The van der Waals surface area contributed by atoms with E-state index in [4.69, 9.17) is 5.73 Å². The Labute approximate surface area is 123 Å². The average Bonchev–Trinajstić information content (AvgIpc) is 2.64. The number of rotatable bonds is 2. The Bertz CT molecular complexity index is 730. The monoisotopic (exact) mass is 331 g/mol. The fourth-order valence-corrected chi connectivity index (χ4v) is 2.52. The van der Waals surface area contributed by atoms with Crippen molar-refractivity contribution in [2.45, 2.75) is 6.54 Å². The van der Waals surface area contributed by atoms with Crippen molar-refractivity contribution in [3.8, 4) is 0 Å². The van der Waals surface area contributed by atoms with Gasteiger partial charge in [-0.2, -0.15) is 0 Å². The van der Waals surface area contributed by atoms with Crippen molar-refractivity contribution < 1.29 is 9.59 Å². The summed E-state index contributed by atoms with van der Waals surface area (Å²) in [4.78, 5) is 29.8. The number of carbonyl (C=O) groups is 2. The standard InChI is InChI=1S/C14H10BrN3O2/c15-8-4-5-10-11(6-8)14(20)18(13(10)19)7-9-2-1-3-12(16)17-9/h1-6H,7H2,(H2,16,17). The molecule has 0 radical (unpaired) electrons. The van der Waals surface area contributed by atoms with Crippen LogP contribution < -0.4 is 5.73 Å². The molecule has 100 valence electrons. The molecule has 0 bridgehead atoms. The van der Waals surface area contributed by atoms with E-state index in [0.29, 0.717) is 22.6 Å². The molecule has 0 unspecified atom stereocenters. The zero-order valence-electron chi connectivity index (χ0n) is 10.3. The van der Waals surface area contributed by atoms with Crippen molar-refractivity contribution in [2.24, 2.45) is 0 Å². The van der Waals surface area contributed by atoms with E-state index in [1.54, 1.807) is 36.4 Å². The molecule has 1 aromatic carbocycles. The van der Waals surface area contributed by atoms with Gasteiger partial charge >= 0.3 is 0 Å². The molecule has 1 aliphatic heterocycles. The predicted molar refractivity (Wildman–Crippen MR) is 77.0 cm³/mol. The first-order valence-electron chi connectivity index (χ1n) is 5.93. The minimum Gasteiger partial charge on any atom is -0.384 e. The molecule has 2 heterocycles. The molecule has 0 fully saturated rings. The lowest BCUT2D eigenvalue weighted by molar-refractivity contribution is 0.0640. The van der Waals surface area contributed by atoms with Crippen molar-refractivity contribution in [3.05, 3.63) is 57.7 Å². The van der Waals surface area contributed by atoms with Crippen LogP contribution in [0.15, 0.2) is 40.9 Å². The number of amides is 2. The van der Waals surface area contributed by atoms with Crippen molar-refractivity contribution in [1.82, 2.24) is 9.88 Å². The minimum absolute atomic E-state index is 0.120. The Morgan fingerprint density at radius 3 is 2.60 bits per heavy atom. The highest BCUT2D eigenvalue weighted by molar-refractivity contribution is 9.10. The van der Waals surface area contributed by atoms with Gasteiger partial charge in [0.15, 0.2) is 0 Å². The Morgan fingerprint density at radius 1 is 1.10 bits per heavy atom. The lowest BCUT2D eigenvalue weighted by Crippen LogP contribution is -2.29. The molecule has 0 saturated heterocycles. The molecule has 3 rings (SSSR count). The third kappa shape index (κ3) is 2.08. The van der Waals surface area contributed by atoms with Gasteiger partial charge in [0.05, 0.1) is 23.4 Å². The number of benzene rings is 1. The molecule has 0 atom stereocenters. The van der Waals surface area contributed by atoms with Crippen LogP contribution in [0.2, 0.25) is 0 Å². The summed E-state index contributed by atoms with van der Waals surface area (Å²) in [7, 11) is 0. The molecule has 0 aliphatic carbocycles. The summed E-state index contributed by atoms with van der Waals surface area (Å²) in [6.45, 7) is 0.120. The first-order chi connectivity index (χ1) is 9.56. The fraction of sp³-hybridized carbons (Fsp3) is 0.0714. The molecule has 2 amide bonds. The van der Waals surface area contributed by atoms with Crippen LogP contribution in [0.5, 0.6) is 0 Å². The average molecular weight is 332 g/mol. The van der Waals surface area contributed by atoms with Gasteiger partial charge in [-0.05, 0) is 30.3 Å². The van der Waals surface area contributed by atoms with E-state index in [0.717, 1.165) is 4.47 Å². The van der Waals surface area contributed by atoms with E-state index in [1.165, 1.54) is 4.90 Å². The second-order valence-electron chi connectivity index (χ2n) is 4.44. The highest BCUT2D eigenvalue weighted by Crippen LogP contribution is 2.27. The van der Waals surface area contributed by atoms with Gasteiger partial charge < -0.3 is 5.73 Å². The summed E-state index contributed by atoms with van der Waals surface area (Å²) in [6, 6.07) is 10.2. The van der Waals surface area contributed by atoms with Crippen LogP contribution in [0, 0.1) is 0 Å².